The maximum Gasteiger partial charge on any atom is 0.181 e. The summed E-state index contributed by atoms with van der Waals surface area (Å²) in [5.41, 5.74) is 11.0. The Bertz CT molecular complexity index is 1020. The lowest BCUT2D eigenvalue weighted by Gasteiger charge is -2.05. The Morgan fingerprint density at radius 2 is 2.15 bits per heavy atom. The van der Waals surface area contributed by atoms with E-state index in [1.807, 2.05) is 6.92 Å². The van der Waals surface area contributed by atoms with Crippen molar-refractivity contribution in [3.8, 4) is 11.8 Å². The van der Waals surface area contributed by atoms with Crippen LogP contribution in [0.5, 0.6) is 5.75 Å². The van der Waals surface area contributed by atoms with Crippen LogP contribution >= 0.6 is 0 Å². The van der Waals surface area contributed by atoms with Crippen molar-refractivity contribution < 1.29 is 9.52 Å². The summed E-state index contributed by atoms with van der Waals surface area (Å²) < 4.78 is 4.97. The zero-order chi connectivity index (χ0) is 19.4. The summed E-state index contributed by atoms with van der Waals surface area (Å²) in [5, 5.41) is 25.8. The number of nitrogens with two attached hydrogens (primary N) is 1. The average molecular weight is 361 g/mol. The number of aromatic hydroxyl groups is 1. The van der Waals surface area contributed by atoms with Gasteiger partial charge in [-0.2, -0.15) is 5.26 Å². The van der Waals surface area contributed by atoms with Crippen molar-refractivity contribution >= 4 is 11.4 Å². The van der Waals surface area contributed by atoms with Crippen LogP contribution in [-0.2, 0) is 12.8 Å². The Morgan fingerprint density at radius 3 is 2.85 bits per heavy atom. The molecule has 3 aromatic rings. The number of nitrogens with zero attached hydrogens (tertiary/aromatic N) is 3. The van der Waals surface area contributed by atoms with Crippen LogP contribution in [0.2, 0.25) is 0 Å². The highest BCUT2D eigenvalue weighted by atomic mass is 16.3. The predicted octanol–water partition coefficient (Wildman–Crippen LogP) is 3.13. The Morgan fingerprint density at radius 1 is 1.33 bits per heavy atom. The maximum absolute atomic E-state index is 9.29. The van der Waals surface area contributed by atoms with Crippen LogP contribution < -0.4 is 5.73 Å². The van der Waals surface area contributed by atoms with Gasteiger partial charge in [0.25, 0.3) is 0 Å². The van der Waals surface area contributed by atoms with Gasteiger partial charge in [-0.05, 0) is 55.5 Å². The van der Waals surface area contributed by atoms with Gasteiger partial charge in [-0.15, -0.1) is 0 Å². The van der Waals surface area contributed by atoms with Gasteiger partial charge in [0.1, 0.15) is 17.5 Å². The third-order valence-electron chi connectivity index (χ3n) is 4.50. The lowest BCUT2D eigenvalue weighted by atomic mass is 10.1. The van der Waals surface area contributed by atoms with Crippen LogP contribution in [-0.4, -0.2) is 20.8 Å². The van der Waals surface area contributed by atoms with Crippen LogP contribution in [0.15, 0.2) is 41.4 Å². The van der Waals surface area contributed by atoms with Gasteiger partial charge < -0.3 is 15.3 Å². The van der Waals surface area contributed by atoms with Crippen LogP contribution in [0.4, 0.5) is 5.69 Å². The highest BCUT2D eigenvalue weighted by molar-refractivity contribution is 6.12. The van der Waals surface area contributed by atoms with Gasteiger partial charge in [0, 0.05) is 23.1 Å². The first kappa shape index (κ1) is 18.1. The Hall–Kier alpha value is -3.66. The van der Waals surface area contributed by atoms with E-state index in [4.69, 9.17) is 20.8 Å². The summed E-state index contributed by atoms with van der Waals surface area (Å²) in [7, 11) is 0. The molecule has 0 amide bonds. The Labute approximate surface area is 156 Å². The first-order valence-electron chi connectivity index (χ1n) is 8.45. The summed E-state index contributed by atoms with van der Waals surface area (Å²) in [4.78, 5) is 7.98. The second kappa shape index (κ2) is 7.70. The molecule has 7 heteroatoms. The molecule has 0 bridgehead atoms. The van der Waals surface area contributed by atoms with E-state index in [0.717, 1.165) is 24.0 Å². The Balaban J connectivity index is 0.000000159. The quantitative estimate of drug-likeness (QED) is 0.365. The van der Waals surface area contributed by atoms with Crippen molar-refractivity contribution in [1.82, 2.24) is 9.97 Å². The number of rotatable bonds is 2. The number of pyridine rings is 1. The van der Waals surface area contributed by atoms with Gasteiger partial charge in [0.15, 0.2) is 12.2 Å². The summed E-state index contributed by atoms with van der Waals surface area (Å²) in [6, 6.07) is 6.58. The number of aryl methyl sites for hydroxylation is 1. The van der Waals surface area contributed by atoms with E-state index >= 15 is 0 Å². The molecule has 4 rings (SSSR count). The van der Waals surface area contributed by atoms with Gasteiger partial charge in [-0.25, -0.2) is 4.98 Å². The fourth-order valence-corrected chi connectivity index (χ4v) is 3.02. The molecule has 0 saturated heterocycles. The zero-order valence-corrected chi connectivity index (χ0v) is 14.9. The number of benzene rings is 1. The molecule has 0 unspecified atom stereocenters. The molecule has 2 heterocycles. The number of hydrogen-bond acceptors (Lipinski definition) is 7. The number of fused-ring (bicyclic) bond motifs is 1. The number of phenols is 1. The fraction of sp³-hybridized carbons (Fsp3) is 0.200. The van der Waals surface area contributed by atoms with Crippen LogP contribution in [0, 0.1) is 23.7 Å². The molecule has 7 nitrogen and oxygen atoms in total. The van der Waals surface area contributed by atoms with E-state index in [1.165, 1.54) is 48.5 Å². The molecule has 1 aromatic carbocycles. The molecule has 0 fully saturated rings. The lowest BCUT2D eigenvalue weighted by molar-refractivity contribution is 0.475. The predicted molar refractivity (Wildman–Crippen MR) is 101 cm³/mol. The van der Waals surface area contributed by atoms with Crippen molar-refractivity contribution in [1.29, 1.82) is 10.7 Å². The van der Waals surface area contributed by atoms with Gasteiger partial charge in [-0.1, -0.05) is 0 Å². The number of aromatic nitrogens is 2. The van der Waals surface area contributed by atoms with Crippen LogP contribution in [0.25, 0.3) is 0 Å². The summed E-state index contributed by atoms with van der Waals surface area (Å²) in [6.07, 6.45) is 7.73. The first-order chi connectivity index (χ1) is 13.0. The summed E-state index contributed by atoms with van der Waals surface area (Å²) in [6.45, 7) is 2.02. The normalized spacial score (nSPS) is 11.9. The second-order valence-corrected chi connectivity index (χ2v) is 6.20. The van der Waals surface area contributed by atoms with Gasteiger partial charge in [-0.3, -0.25) is 10.4 Å². The van der Waals surface area contributed by atoms with E-state index < -0.39 is 0 Å². The van der Waals surface area contributed by atoms with E-state index in [-0.39, 0.29) is 11.5 Å². The summed E-state index contributed by atoms with van der Waals surface area (Å²) >= 11 is 0. The third-order valence-corrected chi connectivity index (χ3v) is 4.50. The average Bonchev–Trinajstić information content (AvgIpc) is 3.36. The molecule has 0 radical (unpaired) electrons. The molecule has 0 spiro atoms. The van der Waals surface area contributed by atoms with E-state index in [0.29, 0.717) is 17.0 Å². The van der Waals surface area contributed by atoms with Gasteiger partial charge in [0.05, 0.1) is 11.8 Å². The van der Waals surface area contributed by atoms with E-state index in [9.17, 15) is 5.11 Å². The smallest absolute Gasteiger partial charge is 0.181 e. The standard InChI is InChI=1S/C10H9N3O2.C10H10N2/c11-8-2-1-6(14)3-7(8)10(12)9-4-13-5-15-9;1-7-8(5-11)6-12-10-4-2-3-9(7)10/h1-5,12,14H,11H2;6H,2-4H2,1H3. The van der Waals surface area contributed by atoms with Crippen molar-refractivity contribution in [3.63, 3.8) is 0 Å². The van der Waals surface area contributed by atoms with Crippen LogP contribution in [0.1, 0.15) is 40.1 Å². The SMILES string of the molecule is Cc1c(C#N)cnc2c1CCC2.N=C(c1cnco1)c1cc(O)ccc1N. The molecule has 136 valence electrons. The number of nitrogen functional groups attached to an aromatic ring is 1. The molecular formula is C20H19N5O2. The number of nitriles is 1. The van der Waals surface area contributed by atoms with Gasteiger partial charge >= 0.3 is 0 Å². The lowest BCUT2D eigenvalue weighted by Crippen LogP contribution is -2.04. The number of phenolic OH excluding ortho intramolecular Hbond substituents is 1. The van der Waals surface area contributed by atoms with Crippen LogP contribution in [0.3, 0.4) is 0 Å². The Kier molecular flexibility index (Phi) is 5.18. The monoisotopic (exact) mass is 361 g/mol. The van der Waals surface area contributed by atoms with Crippen molar-refractivity contribution in [2.24, 2.45) is 0 Å². The van der Waals surface area contributed by atoms with Crippen molar-refractivity contribution in [2.75, 3.05) is 5.73 Å². The van der Waals surface area contributed by atoms with E-state index in [1.54, 1.807) is 6.20 Å². The second-order valence-electron chi connectivity index (χ2n) is 6.20. The largest absolute Gasteiger partial charge is 0.508 e. The number of hydrogen-bond donors (Lipinski definition) is 3. The number of anilines is 1. The molecule has 27 heavy (non-hydrogen) atoms. The zero-order valence-electron chi connectivity index (χ0n) is 14.9. The van der Waals surface area contributed by atoms with E-state index in [2.05, 4.69) is 16.0 Å². The summed E-state index contributed by atoms with van der Waals surface area (Å²) in [5.74, 6) is 0.371. The number of oxazole rings is 1. The topological polar surface area (TPSA) is 133 Å². The fourth-order valence-electron chi connectivity index (χ4n) is 3.02. The minimum atomic E-state index is 0.0588. The number of nitrogens with one attached hydrogen (secondary N) is 1. The highest BCUT2D eigenvalue weighted by Crippen LogP contribution is 2.24. The minimum absolute atomic E-state index is 0.0588. The molecule has 1 aliphatic carbocycles. The van der Waals surface area contributed by atoms with Gasteiger partial charge in [0.2, 0.25) is 0 Å². The molecular weight excluding hydrogens is 342 g/mol. The third kappa shape index (κ3) is 3.80. The molecule has 4 N–H and O–H groups in total. The molecule has 1 aliphatic rings. The minimum Gasteiger partial charge on any atom is -0.508 e. The van der Waals surface area contributed by atoms with Crippen molar-refractivity contribution in [2.45, 2.75) is 26.2 Å². The molecule has 0 aliphatic heterocycles. The molecule has 2 aromatic heterocycles. The highest BCUT2D eigenvalue weighted by Gasteiger charge is 2.16. The van der Waals surface area contributed by atoms with Crippen molar-refractivity contribution in [3.05, 3.63) is 70.7 Å². The first-order valence-corrected chi connectivity index (χ1v) is 8.45. The maximum atomic E-state index is 9.29. The molecule has 0 atom stereocenters. The molecule has 0 saturated carbocycles.